The zero-order chi connectivity index (χ0) is 14.8. The highest BCUT2D eigenvalue weighted by atomic mass is 32.2. The molecule has 1 aromatic rings. The molecule has 1 aliphatic heterocycles. The first-order chi connectivity index (χ1) is 9.40. The molecule has 7 heteroatoms. The number of carbonyl (C=O) groups is 1. The van der Waals surface area contributed by atoms with Gasteiger partial charge in [-0.2, -0.15) is 0 Å². The van der Waals surface area contributed by atoms with E-state index in [9.17, 15) is 18.3 Å². The van der Waals surface area contributed by atoms with Crippen LogP contribution in [0.4, 0.5) is 0 Å². The number of aromatic carboxylic acids is 1. The molecular formula is C13H16NO5S-. The summed E-state index contributed by atoms with van der Waals surface area (Å²) >= 11 is 0. The van der Waals surface area contributed by atoms with E-state index in [4.69, 9.17) is 4.74 Å². The standard InChI is InChI=1S/C13H17NO5S/c1-9-4-5-10(13(15)16)7-12(9)20(17,18)14-8-11-3-2-6-19-11/h4-5,7,11,14H,2-3,6,8H2,1H3,(H,15,16)/p-1/t11-/m1/s1. The van der Waals surface area contributed by atoms with Crippen molar-refractivity contribution < 1.29 is 23.1 Å². The molecule has 0 spiro atoms. The molecule has 1 heterocycles. The van der Waals surface area contributed by atoms with Crippen molar-refractivity contribution in [1.29, 1.82) is 0 Å². The van der Waals surface area contributed by atoms with E-state index in [1.54, 1.807) is 6.92 Å². The number of nitrogens with one attached hydrogen (secondary N) is 1. The molecule has 2 rings (SSSR count). The normalized spacial score (nSPS) is 19.1. The van der Waals surface area contributed by atoms with E-state index in [-0.39, 0.29) is 23.1 Å². The van der Waals surface area contributed by atoms with Gasteiger partial charge in [-0.1, -0.05) is 12.1 Å². The Morgan fingerprint density at radius 1 is 1.50 bits per heavy atom. The van der Waals surface area contributed by atoms with Crippen LogP contribution in [0.1, 0.15) is 28.8 Å². The van der Waals surface area contributed by atoms with Crippen molar-refractivity contribution in [2.45, 2.75) is 30.8 Å². The molecular weight excluding hydrogens is 282 g/mol. The fourth-order valence-electron chi connectivity index (χ4n) is 2.10. The molecule has 1 aromatic carbocycles. The summed E-state index contributed by atoms with van der Waals surface area (Å²) in [6.07, 6.45) is 1.63. The third-order valence-electron chi connectivity index (χ3n) is 3.24. The van der Waals surface area contributed by atoms with Gasteiger partial charge in [0.1, 0.15) is 0 Å². The Hall–Kier alpha value is -1.44. The van der Waals surface area contributed by atoms with Gasteiger partial charge in [-0.05, 0) is 37.0 Å². The van der Waals surface area contributed by atoms with Crippen LogP contribution in [0.5, 0.6) is 0 Å². The summed E-state index contributed by atoms with van der Waals surface area (Å²) in [5.74, 6) is -1.40. The van der Waals surface area contributed by atoms with E-state index in [1.807, 2.05) is 0 Å². The van der Waals surface area contributed by atoms with E-state index < -0.39 is 16.0 Å². The summed E-state index contributed by atoms with van der Waals surface area (Å²) < 4.78 is 32.2. The lowest BCUT2D eigenvalue weighted by atomic mass is 10.1. The average Bonchev–Trinajstić information content (AvgIpc) is 2.89. The monoisotopic (exact) mass is 298 g/mol. The maximum atomic E-state index is 12.2. The SMILES string of the molecule is Cc1ccc(C(=O)[O-])cc1S(=O)(=O)NC[C@H]1CCCO1. The second-order valence-corrected chi connectivity index (χ2v) is 6.49. The first-order valence-electron chi connectivity index (χ1n) is 6.33. The van der Waals surface area contributed by atoms with Gasteiger partial charge in [0.25, 0.3) is 0 Å². The molecule has 0 bridgehead atoms. The van der Waals surface area contributed by atoms with Crippen molar-refractivity contribution in [2.24, 2.45) is 0 Å². The fraction of sp³-hybridized carbons (Fsp3) is 0.462. The number of carboxylic acid groups (broad SMARTS) is 1. The molecule has 1 aliphatic rings. The summed E-state index contributed by atoms with van der Waals surface area (Å²) in [5, 5.41) is 10.8. The third-order valence-corrected chi connectivity index (χ3v) is 4.80. The van der Waals surface area contributed by atoms with Crippen LogP contribution in [0.25, 0.3) is 0 Å². The number of carbonyl (C=O) groups excluding carboxylic acids is 1. The van der Waals surface area contributed by atoms with Crippen LogP contribution >= 0.6 is 0 Å². The van der Waals surface area contributed by atoms with Gasteiger partial charge < -0.3 is 14.6 Å². The van der Waals surface area contributed by atoms with Gasteiger partial charge >= 0.3 is 0 Å². The molecule has 6 nitrogen and oxygen atoms in total. The van der Waals surface area contributed by atoms with E-state index in [1.165, 1.54) is 12.1 Å². The Bertz CT molecular complexity index is 605. The highest BCUT2D eigenvalue weighted by Gasteiger charge is 2.21. The summed E-state index contributed by atoms with van der Waals surface area (Å²) in [7, 11) is -3.76. The molecule has 0 radical (unpaired) electrons. The highest BCUT2D eigenvalue weighted by Crippen LogP contribution is 2.18. The number of carboxylic acids is 1. The van der Waals surface area contributed by atoms with Crippen molar-refractivity contribution in [3.63, 3.8) is 0 Å². The van der Waals surface area contributed by atoms with Crippen molar-refractivity contribution in [2.75, 3.05) is 13.2 Å². The Morgan fingerprint density at radius 2 is 2.25 bits per heavy atom. The molecule has 0 aromatic heterocycles. The average molecular weight is 298 g/mol. The highest BCUT2D eigenvalue weighted by molar-refractivity contribution is 7.89. The van der Waals surface area contributed by atoms with Crippen molar-refractivity contribution in [1.82, 2.24) is 4.72 Å². The quantitative estimate of drug-likeness (QED) is 0.813. The van der Waals surface area contributed by atoms with Crippen LogP contribution in [-0.2, 0) is 14.8 Å². The van der Waals surface area contributed by atoms with E-state index in [2.05, 4.69) is 4.72 Å². The Labute approximate surface area is 117 Å². The smallest absolute Gasteiger partial charge is 0.240 e. The van der Waals surface area contributed by atoms with E-state index in [0.29, 0.717) is 12.2 Å². The number of benzene rings is 1. The van der Waals surface area contributed by atoms with Crippen LogP contribution in [0.2, 0.25) is 0 Å². The number of hydrogen-bond acceptors (Lipinski definition) is 5. The molecule has 0 saturated carbocycles. The molecule has 0 unspecified atom stereocenters. The van der Waals surface area contributed by atoms with Crippen LogP contribution in [0.15, 0.2) is 23.1 Å². The lowest BCUT2D eigenvalue weighted by molar-refractivity contribution is -0.255. The molecule has 110 valence electrons. The Kier molecular flexibility index (Phi) is 4.42. The second kappa shape index (κ2) is 5.90. The zero-order valence-corrected chi connectivity index (χ0v) is 11.9. The van der Waals surface area contributed by atoms with E-state index >= 15 is 0 Å². The number of hydrogen-bond donors (Lipinski definition) is 1. The minimum Gasteiger partial charge on any atom is -0.545 e. The fourth-order valence-corrected chi connectivity index (χ4v) is 3.44. The van der Waals surface area contributed by atoms with Gasteiger partial charge in [0.2, 0.25) is 10.0 Å². The number of sulfonamides is 1. The number of aryl methyl sites for hydroxylation is 1. The van der Waals surface area contributed by atoms with Crippen LogP contribution in [0, 0.1) is 6.92 Å². The summed E-state index contributed by atoms with van der Waals surface area (Å²) in [6, 6.07) is 3.89. The number of ether oxygens (including phenoxy) is 1. The van der Waals surface area contributed by atoms with Gasteiger partial charge in [0, 0.05) is 13.2 Å². The van der Waals surface area contributed by atoms with Crippen molar-refractivity contribution >= 4 is 16.0 Å². The van der Waals surface area contributed by atoms with Crippen molar-refractivity contribution in [3.05, 3.63) is 29.3 Å². The predicted molar refractivity (Wildman–Crippen MR) is 69.7 cm³/mol. The molecule has 20 heavy (non-hydrogen) atoms. The van der Waals surface area contributed by atoms with Gasteiger partial charge in [-0.25, -0.2) is 13.1 Å². The maximum absolute atomic E-state index is 12.2. The molecule has 1 N–H and O–H groups in total. The third kappa shape index (κ3) is 3.36. The first kappa shape index (κ1) is 15.0. The van der Waals surface area contributed by atoms with Gasteiger partial charge in [-0.15, -0.1) is 0 Å². The van der Waals surface area contributed by atoms with Crippen LogP contribution in [0.3, 0.4) is 0 Å². The lowest BCUT2D eigenvalue weighted by Gasteiger charge is -2.14. The van der Waals surface area contributed by atoms with Gasteiger partial charge in [0.15, 0.2) is 0 Å². The van der Waals surface area contributed by atoms with Gasteiger partial charge in [-0.3, -0.25) is 0 Å². The molecule has 0 aliphatic carbocycles. The van der Waals surface area contributed by atoms with Crippen molar-refractivity contribution in [3.8, 4) is 0 Å². The summed E-state index contributed by atoms with van der Waals surface area (Å²) in [4.78, 5) is 10.8. The zero-order valence-electron chi connectivity index (χ0n) is 11.1. The molecule has 1 saturated heterocycles. The second-order valence-electron chi connectivity index (χ2n) is 4.75. The summed E-state index contributed by atoms with van der Waals surface area (Å²) in [5.41, 5.74) is 0.322. The summed E-state index contributed by atoms with van der Waals surface area (Å²) in [6.45, 7) is 2.45. The largest absolute Gasteiger partial charge is 0.545 e. The minimum absolute atomic E-state index is 0.0443. The molecule has 0 amide bonds. The molecule has 1 fully saturated rings. The van der Waals surface area contributed by atoms with Crippen LogP contribution < -0.4 is 9.83 Å². The number of rotatable bonds is 5. The predicted octanol–water partition coefficient (Wildman–Crippen LogP) is -0.184. The van der Waals surface area contributed by atoms with Gasteiger partial charge in [0.05, 0.1) is 17.0 Å². The minimum atomic E-state index is -3.76. The Balaban J connectivity index is 2.19. The van der Waals surface area contributed by atoms with E-state index in [0.717, 1.165) is 18.9 Å². The maximum Gasteiger partial charge on any atom is 0.240 e. The lowest BCUT2D eigenvalue weighted by Crippen LogP contribution is -2.32. The molecule has 1 atom stereocenters. The van der Waals surface area contributed by atoms with Crippen LogP contribution in [-0.4, -0.2) is 33.6 Å². The first-order valence-corrected chi connectivity index (χ1v) is 7.82. The Morgan fingerprint density at radius 3 is 2.85 bits per heavy atom. The topological polar surface area (TPSA) is 95.5 Å².